The number of amidine groups is 1. The van der Waals surface area contributed by atoms with Gasteiger partial charge in [-0.3, -0.25) is 4.99 Å². The minimum Gasteiger partial charge on any atom is -0.329 e. The zero-order valence-electron chi connectivity index (χ0n) is 11.1. The molecule has 92 valence electrons. The van der Waals surface area contributed by atoms with Crippen molar-refractivity contribution in [2.75, 3.05) is 19.0 Å². The van der Waals surface area contributed by atoms with Gasteiger partial charge in [0.2, 0.25) is 0 Å². The van der Waals surface area contributed by atoms with E-state index in [2.05, 4.69) is 47.1 Å². The van der Waals surface area contributed by atoms with E-state index in [4.69, 9.17) is 0 Å². The molecule has 0 aliphatic heterocycles. The Balaban J connectivity index is 2.40. The highest BCUT2D eigenvalue weighted by Crippen LogP contribution is 2.17. The average molecular weight is 238 g/mol. The second-order valence-corrected chi connectivity index (χ2v) is 4.26. The van der Waals surface area contributed by atoms with Crippen LogP contribution in [0.3, 0.4) is 0 Å². The second kappa shape index (κ2) is 5.50. The van der Waals surface area contributed by atoms with E-state index in [1.807, 2.05) is 38.4 Å². The Morgan fingerprint density at radius 3 is 2.17 bits per heavy atom. The molecule has 0 fully saturated rings. The van der Waals surface area contributed by atoms with Crippen molar-refractivity contribution in [1.29, 1.82) is 0 Å². The normalized spacial score (nSPS) is 11.4. The number of aryl methyl sites for hydroxylation is 1. The Morgan fingerprint density at radius 2 is 1.56 bits per heavy atom. The van der Waals surface area contributed by atoms with Crippen LogP contribution in [0.2, 0.25) is 0 Å². The van der Waals surface area contributed by atoms with Gasteiger partial charge in [-0.1, -0.05) is 42.5 Å². The Bertz CT molecular complexity index is 544. The summed E-state index contributed by atoms with van der Waals surface area (Å²) in [5.74, 6) is 0.985. The van der Waals surface area contributed by atoms with Crippen LogP contribution in [0.1, 0.15) is 11.1 Å². The van der Waals surface area contributed by atoms with E-state index in [0.29, 0.717) is 0 Å². The van der Waals surface area contributed by atoms with Gasteiger partial charge in [0.05, 0.1) is 0 Å². The number of benzene rings is 2. The molecule has 0 saturated heterocycles. The summed E-state index contributed by atoms with van der Waals surface area (Å²) in [5, 5.41) is 0. The summed E-state index contributed by atoms with van der Waals surface area (Å²) in [6.45, 7) is 2.11. The lowest BCUT2D eigenvalue weighted by molar-refractivity contribution is 1.22. The molecule has 0 aromatic heterocycles. The molecule has 2 aromatic rings. The molecule has 2 heteroatoms. The highest BCUT2D eigenvalue weighted by atomic mass is 15.2. The molecule has 0 saturated carbocycles. The molecule has 0 atom stereocenters. The summed E-state index contributed by atoms with van der Waals surface area (Å²) in [6.07, 6.45) is 0. The number of aliphatic imine (C=N–C) groups is 1. The molecule has 0 aliphatic carbocycles. The Hall–Kier alpha value is -2.09. The van der Waals surface area contributed by atoms with E-state index in [1.165, 1.54) is 11.1 Å². The molecule has 0 heterocycles. The molecule has 0 N–H and O–H groups in total. The molecule has 2 aromatic carbocycles. The molecule has 2 nitrogen and oxygen atoms in total. The van der Waals surface area contributed by atoms with Gasteiger partial charge in [0, 0.05) is 25.3 Å². The summed E-state index contributed by atoms with van der Waals surface area (Å²) >= 11 is 0. The number of hydrogen-bond acceptors (Lipinski definition) is 1. The maximum Gasteiger partial charge on any atom is 0.135 e. The lowest BCUT2D eigenvalue weighted by atomic mass is 10.1. The van der Waals surface area contributed by atoms with Gasteiger partial charge in [-0.05, 0) is 24.6 Å². The molecule has 0 spiro atoms. The van der Waals surface area contributed by atoms with E-state index in [-0.39, 0.29) is 0 Å². The molecular formula is C16H18N2. The van der Waals surface area contributed by atoms with Crippen molar-refractivity contribution in [3.05, 3.63) is 65.7 Å². The van der Waals surface area contributed by atoms with Gasteiger partial charge in [0.15, 0.2) is 0 Å². The summed E-state index contributed by atoms with van der Waals surface area (Å²) in [6, 6.07) is 18.6. The molecule has 0 amide bonds. The van der Waals surface area contributed by atoms with E-state index in [1.54, 1.807) is 0 Å². The predicted molar refractivity (Wildman–Crippen MR) is 78.5 cm³/mol. The van der Waals surface area contributed by atoms with Crippen molar-refractivity contribution < 1.29 is 0 Å². The van der Waals surface area contributed by atoms with Gasteiger partial charge in [-0.25, -0.2) is 0 Å². The van der Waals surface area contributed by atoms with Gasteiger partial charge in [-0.2, -0.15) is 0 Å². The van der Waals surface area contributed by atoms with Crippen LogP contribution in [0.25, 0.3) is 0 Å². The van der Waals surface area contributed by atoms with Crippen LogP contribution in [-0.4, -0.2) is 19.9 Å². The van der Waals surface area contributed by atoms with Gasteiger partial charge in [0.25, 0.3) is 0 Å². The lowest BCUT2D eigenvalue weighted by Crippen LogP contribution is -2.27. The molecule has 18 heavy (non-hydrogen) atoms. The highest BCUT2D eigenvalue weighted by Gasteiger charge is 2.11. The average Bonchev–Trinajstić information content (AvgIpc) is 2.42. The SMILES string of the molecule is C/N=C(\c1ccccc1C)N(C)c1ccccc1. The third kappa shape index (κ3) is 2.43. The first-order valence-corrected chi connectivity index (χ1v) is 6.05. The molecule has 0 unspecified atom stereocenters. The number of rotatable bonds is 2. The van der Waals surface area contributed by atoms with Crippen LogP contribution < -0.4 is 4.90 Å². The monoisotopic (exact) mass is 238 g/mol. The minimum absolute atomic E-state index is 0.985. The van der Waals surface area contributed by atoms with Crippen molar-refractivity contribution in [1.82, 2.24) is 0 Å². The Morgan fingerprint density at radius 1 is 0.944 bits per heavy atom. The van der Waals surface area contributed by atoms with E-state index in [9.17, 15) is 0 Å². The molecule has 0 radical (unpaired) electrons. The van der Waals surface area contributed by atoms with Crippen LogP contribution in [0.4, 0.5) is 5.69 Å². The first kappa shape index (κ1) is 12.4. The van der Waals surface area contributed by atoms with E-state index in [0.717, 1.165) is 11.5 Å². The van der Waals surface area contributed by atoms with Crippen LogP contribution in [-0.2, 0) is 0 Å². The van der Waals surface area contributed by atoms with Crippen LogP contribution in [0.5, 0.6) is 0 Å². The van der Waals surface area contributed by atoms with Crippen LogP contribution >= 0.6 is 0 Å². The largest absolute Gasteiger partial charge is 0.329 e. The van der Waals surface area contributed by atoms with Gasteiger partial charge in [0.1, 0.15) is 5.84 Å². The summed E-state index contributed by atoms with van der Waals surface area (Å²) < 4.78 is 0. The third-order valence-electron chi connectivity index (χ3n) is 3.06. The fraction of sp³-hybridized carbons (Fsp3) is 0.188. The molecule has 2 rings (SSSR count). The fourth-order valence-electron chi connectivity index (χ4n) is 2.05. The number of hydrogen-bond donors (Lipinski definition) is 0. The van der Waals surface area contributed by atoms with Crippen molar-refractivity contribution in [2.24, 2.45) is 4.99 Å². The zero-order valence-corrected chi connectivity index (χ0v) is 11.1. The minimum atomic E-state index is 0.985. The van der Waals surface area contributed by atoms with Gasteiger partial charge >= 0.3 is 0 Å². The third-order valence-corrected chi connectivity index (χ3v) is 3.06. The van der Waals surface area contributed by atoms with Crippen molar-refractivity contribution in [2.45, 2.75) is 6.92 Å². The smallest absolute Gasteiger partial charge is 0.135 e. The maximum atomic E-state index is 4.44. The molecule has 0 aliphatic rings. The van der Waals surface area contributed by atoms with Crippen molar-refractivity contribution in [3.8, 4) is 0 Å². The predicted octanol–water partition coefficient (Wildman–Crippen LogP) is 3.51. The Kier molecular flexibility index (Phi) is 3.78. The quantitative estimate of drug-likeness (QED) is 0.577. The summed E-state index contributed by atoms with van der Waals surface area (Å²) in [7, 11) is 3.88. The fourth-order valence-corrected chi connectivity index (χ4v) is 2.05. The number of anilines is 1. The summed E-state index contributed by atoms with van der Waals surface area (Å²) in [4.78, 5) is 6.55. The highest BCUT2D eigenvalue weighted by molar-refractivity contribution is 6.10. The number of para-hydroxylation sites is 1. The van der Waals surface area contributed by atoms with Gasteiger partial charge in [-0.15, -0.1) is 0 Å². The van der Waals surface area contributed by atoms with Crippen molar-refractivity contribution >= 4 is 11.5 Å². The zero-order chi connectivity index (χ0) is 13.0. The molecular weight excluding hydrogens is 220 g/mol. The standard InChI is InChI=1S/C16H18N2/c1-13-9-7-8-12-15(13)16(17-2)18(3)14-10-5-4-6-11-14/h4-12H,1-3H3/b17-16+. The van der Waals surface area contributed by atoms with E-state index >= 15 is 0 Å². The Labute approximate surface area is 109 Å². The number of nitrogens with zero attached hydrogens (tertiary/aromatic N) is 2. The first-order chi connectivity index (χ1) is 8.74. The van der Waals surface area contributed by atoms with Crippen LogP contribution in [0, 0.1) is 6.92 Å². The van der Waals surface area contributed by atoms with Crippen LogP contribution in [0.15, 0.2) is 59.6 Å². The lowest BCUT2D eigenvalue weighted by Gasteiger charge is -2.22. The van der Waals surface area contributed by atoms with Gasteiger partial charge < -0.3 is 4.90 Å². The topological polar surface area (TPSA) is 15.6 Å². The van der Waals surface area contributed by atoms with Crippen molar-refractivity contribution in [3.63, 3.8) is 0 Å². The second-order valence-electron chi connectivity index (χ2n) is 4.26. The maximum absolute atomic E-state index is 4.44. The molecule has 0 bridgehead atoms. The first-order valence-electron chi connectivity index (χ1n) is 6.05. The summed E-state index contributed by atoms with van der Waals surface area (Å²) in [5.41, 5.74) is 3.55. The van der Waals surface area contributed by atoms with E-state index < -0.39 is 0 Å².